The van der Waals surface area contributed by atoms with E-state index >= 15 is 0 Å². The fourth-order valence-electron chi connectivity index (χ4n) is 4.49. The summed E-state index contributed by atoms with van der Waals surface area (Å²) in [4.78, 5) is 45.6. The Morgan fingerprint density at radius 3 is 1.93 bits per heavy atom. The third kappa shape index (κ3) is 9.24. The normalized spacial score (nSPS) is 14.1. The minimum Gasteiger partial charge on any atom is -0.344 e. The highest BCUT2D eigenvalue weighted by Gasteiger charge is 2.21. The fraction of sp³-hybridized carbons (Fsp3) is 0.400. The smallest absolute Gasteiger partial charge is 0.261 e. The van der Waals surface area contributed by atoms with Crippen LogP contribution in [0.3, 0.4) is 0 Å². The van der Waals surface area contributed by atoms with Crippen LogP contribution in [0.1, 0.15) is 54.6 Å². The summed E-state index contributed by atoms with van der Waals surface area (Å²) in [6.45, 7) is 3.75. The van der Waals surface area contributed by atoms with Gasteiger partial charge in [-0.1, -0.05) is 11.6 Å². The first-order valence-electron chi connectivity index (χ1n) is 12.4. The van der Waals surface area contributed by atoms with E-state index in [-0.39, 0.29) is 48.3 Å². The largest absolute Gasteiger partial charge is 0.344 e. The van der Waals surface area contributed by atoms with Crippen molar-refractivity contribution in [2.75, 3.05) is 46.6 Å². The van der Waals surface area contributed by atoms with E-state index in [1.54, 1.807) is 24.3 Å². The number of nitrogens with zero attached hydrogens (tertiary/aromatic N) is 5. The maximum Gasteiger partial charge on any atom is 0.261 e. The van der Waals surface area contributed by atoms with Crippen LogP contribution in [0.5, 0.6) is 0 Å². The highest BCUT2D eigenvalue weighted by Crippen LogP contribution is 2.28. The maximum atomic E-state index is 12.5. The number of aromatic nitrogens is 4. The van der Waals surface area contributed by atoms with Crippen LogP contribution in [0.15, 0.2) is 41.3 Å². The molecule has 5 rings (SSSR count). The van der Waals surface area contributed by atoms with E-state index in [9.17, 15) is 9.59 Å². The number of benzene rings is 1. The van der Waals surface area contributed by atoms with Crippen LogP contribution in [0.4, 0.5) is 29.2 Å². The van der Waals surface area contributed by atoms with Crippen molar-refractivity contribution in [1.82, 2.24) is 44.5 Å². The van der Waals surface area contributed by atoms with Gasteiger partial charge in [-0.05, 0) is 68.9 Å². The maximum absolute atomic E-state index is 12.5. The number of hydrogen-bond donors (Lipinski definition) is 7. The van der Waals surface area contributed by atoms with Gasteiger partial charge in [0.25, 0.3) is 11.5 Å². The zero-order valence-corrected chi connectivity index (χ0v) is 24.8. The Morgan fingerprint density at radius 1 is 0.854 bits per heavy atom. The zero-order chi connectivity index (χ0) is 24.9. The SMILES string of the molecule is Cl.N.N.N.N.O=C(Nc1ccc(Nc2nc(N3CCCCC3)nc(N3CCCCC3)n2)cc1Cl)c1ccc[nH]c1=O.[HH].[HH].[HH].[HH]. The van der Waals surface area contributed by atoms with Crippen molar-refractivity contribution in [2.45, 2.75) is 38.5 Å². The van der Waals surface area contributed by atoms with E-state index in [4.69, 9.17) is 26.6 Å². The van der Waals surface area contributed by atoms with Crippen molar-refractivity contribution in [3.05, 3.63) is 57.5 Å². The first-order chi connectivity index (χ1) is 17.6. The second-order valence-corrected chi connectivity index (χ2v) is 9.45. The number of nitrogens with one attached hydrogen (secondary N) is 3. The monoisotopic (exact) mass is 620 g/mol. The van der Waals surface area contributed by atoms with Crippen LogP contribution in [-0.4, -0.2) is 52.0 Å². The second-order valence-electron chi connectivity index (χ2n) is 9.04. The third-order valence-corrected chi connectivity index (χ3v) is 6.74. The molecule has 236 valence electrons. The lowest BCUT2D eigenvalue weighted by atomic mass is 10.1. The lowest BCUT2D eigenvalue weighted by Crippen LogP contribution is -2.34. The van der Waals surface area contributed by atoms with Crippen molar-refractivity contribution in [3.8, 4) is 0 Å². The van der Waals surface area contributed by atoms with Crippen LogP contribution in [0, 0.1) is 0 Å². The minimum atomic E-state index is -0.533. The molecule has 15 N–H and O–H groups in total. The molecule has 0 saturated carbocycles. The highest BCUT2D eigenvalue weighted by atomic mass is 35.5. The Hall–Kier alpha value is -3.53. The predicted molar refractivity (Wildman–Crippen MR) is 177 cm³/mol. The molecule has 3 aromatic rings. The summed E-state index contributed by atoms with van der Waals surface area (Å²) in [6, 6.07) is 8.20. The molecule has 1 amide bonds. The van der Waals surface area contributed by atoms with Gasteiger partial charge < -0.3 is 50.0 Å². The summed E-state index contributed by atoms with van der Waals surface area (Å²) in [5, 5.41) is 6.27. The highest BCUT2D eigenvalue weighted by molar-refractivity contribution is 6.34. The van der Waals surface area contributed by atoms with Crippen molar-refractivity contribution < 1.29 is 10.5 Å². The van der Waals surface area contributed by atoms with E-state index in [1.807, 2.05) is 0 Å². The number of rotatable bonds is 6. The summed E-state index contributed by atoms with van der Waals surface area (Å²) in [6.07, 6.45) is 8.45. The summed E-state index contributed by atoms with van der Waals surface area (Å²) >= 11 is 6.46. The molecule has 0 atom stereocenters. The molecular formula is C25H50Cl2N12O2. The molecule has 1 aromatic carbocycles. The van der Waals surface area contributed by atoms with Crippen LogP contribution < -0.4 is 50.6 Å². The molecule has 2 saturated heterocycles. The number of aromatic amines is 1. The number of H-pyrrole nitrogens is 1. The van der Waals surface area contributed by atoms with Gasteiger partial charge in [0.1, 0.15) is 5.56 Å². The van der Waals surface area contributed by atoms with Gasteiger partial charge >= 0.3 is 0 Å². The molecule has 16 heteroatoms. The third-order valence-electron chi connectivity index (χ3n) is 6.43. The van der Waals surface area contributed by atoms with E-state index in [2.05, 4.69) is 25.4 Å². The fourth-order valence-corrected chi connectivity index (χ4v) is 4.72. The molecule has 0 spiro atoms. The standard InChI is InChI=1S/C25H29ClN8O2.ClH.4H3N.4H2/c26-19-16-17(9-10-20(19)29-22(36)18-8-7-11-27-21(18)35)28-23-30-24(33-12-3-1-4-13-33)32-25(31-23)34-14-5-2-6-15-34;;;;;;;;;/h7-11,16H,1-6,12-15H2,(H,27,35)(H,29,36)(H,28,30,31,32);1H;4*1H3;4*1H. The molecule has 2 aliphatic heterocycles. The quantitative estimate of drug-likeness (QED) is 0.161. The summed E-state index contributed by atoms with van der Waals surface area (Å²) in [5.41, 5.74) is 0.620. The molecule has 0 radical (unpaired) electrons. The average molecular weight is 622 g/mol. The summed E-state index contributed by atoms with van der Waals surface area (Å²) in [5.74, 6) is 1.30. The number of pyridine rings is 1. The van der Waals surface area contributed by atoms with Crippen molar-refractivity contribution >= 4 is 59.1 Å². The Bertz CT molecular complexity index is 1280. The molecule has 2 fully saturated rings. The number of anilines is 5. The first-order valence-corrected chi connectivity index (χ1v) is 12.8. The molecule has 0 unspecified atom stereocenters. The topological polar surface area (TPSA) is 259 Å². The molecule has 41 heavy (non-hydrogen) atoms. The molecule has 14 nitrogen and oxygen atoms in total. The predicted octanol–water partition coefficient (Wildman–Crippen LogP) is 6.24. The number of amides is 1. The zero-order valence-electron chi connectivity index (χ0n) is 23.2. The van der Waals surface area contributed by atoms with E-state index in [1.165, 1.54) is 25.1 Å². The second kappa shape index (κ2) is 17.3. The minimum absolute atomic E-state index is 0. The van der Waals surface area contributed by atoms with Crippen molar-refractivity contribution in [3.63, 3.8) is 0 Å². The van der Waals surface area contributed by atoms with Gasteiger partial charge in [-0.25, -0.2) is 0 Å². The Kier molecular flexibility index (Phi) is 15.8. The van der Waals surface area contributed by atoms with Gasteiger partial charge in [0.05, 0.1) is 10.7 Å². The van der Waals surface area contributed by atoms with E-state index in [0.29, 0.717) is 34.2 Å². The molecule has 2 aliphatic rings. The summed E-state index contributed by atoms with van der Waals surface area (Å²) in [7, 11) is 0. The Labute approximate surface area is 256 Å². The van der Waals surface area contributed by atoms with Crippen molar-refractivity contribution in [2.24, 2.45) is 0 Å². The van der Waals surface area contributed by atoms with Gasteiger partial charge in [0, 0.05) is 43.8 Å². The number of carbonyl (C=O) groups excluding carboxylic acids is 1. The van der Waals surface area contributed by atoms with Gasteiger partial charge in [-0.15, -0.1) is 12.4 Å². The molecule has 0 aliphatic carbocycles. The molecule has 4 heterocycles. The van der Waals surface area contributed by atoms with E-state index < -0.39 is 11.5 Å². The number of piperidine rings is 2. The van der Waals surface area contributed by atoms with Gasteiger partial charge in [-0.2, -0.15) is 15.0 Å². The van der Waals surface area contributed by atoms with Crippen LogP contribution >= 0.6 is 24.0 Å². The number of hydrogen-bond acceptors (Lipinski definition) is 12. The molecular weight excluding hydrogens is 571 g/mol. The van der Waals surface area contributed by atoms with Gasteiger partial charge in [0.2, 0.25) is 17.8 Å². The van der Waals surface area contributed by atoms with Gasteiger partial charge in [-0.3, -0.25) is 9.59 Å². The van der Waals surface area contributed by atoms with Crippen LogP contribution in [0.25, 0.3) is 0 Å². The molecule has 0 bridgehead atoms. The van der Waals surface area contributed by atoms with Gasteiger partial charge in [0.15, 0.2) is 0 Å². The first kappa shape index (κ1) is 37.5. The number of carbonyl (C=O) groups is 1. The lowest BCUT2D eigenvalue weighted by Gasteiger charge is -2.30. The van der Waals surface area contributed by atoms with Crippen LogP contribution in [-0.2, 0) is 0 Å². The van der Waals surface area contributed by atoms with Crippen LogP contribution in [0.2, 0.25) is 5.02 Å². The summed E-state index contributed by atoms with van der Waals surface area (Å²) < 4.78 is 0. The van der Waals surface area contributed by atoms with E-state index in [0.717, 1.165) is 51.9 Å². The number of halogens is 2. The molecule has 2 aromatic heterocycles. The Balaban J connectivity index is -0.000000593. The Morgan fingerprint density at radius 2 is 1.41 bits per heavy atom. The lowest BCUT2D eigenvalue weighted by molar-refractivity contribution is 0.102. The average Bonchev–Trinajstić information content (AvgIpc) is 2.91. The van der Waals surface area contributed by atoms with Crippen molar-refractivity contribution in [1.29, 1.82) is 0 Å².